The molecule has 0 aliphatic carbocycles. The average Bonchev–Trinajstić information content (AvgIpc) is 2.47. The van der Waals surface area contributed by atoms with E-state index in [1.54, 1.807) is 0 Å². The molecule has 0 fully saturated rings. The van der Waals surface area contributed by atoms with E-state index >= 15 is 0 Å². The number of nitrogens with zero attached hydrogens (tertiary/aromatic N) is 1. The first-order valence-electron chi connectivity index (χ1n) is 4.55. The summed E-state index contributed by atoms with van der Waals surface area (Å²) in [5, 5.41) is 8.96. The van der Waals surface area contributed by atoms with Gasteiger partial charge >= 0.3 is 0 Å². The molecule has 1 aromatic heterocycles. The van der Waals surface area contributed by atoms with Gasteiger partial charge < -0.3 is 5.73 Å². The topological polar surface area (TPSA) is 54.7 Å². The Morgan fingerprint density at radius 2 is 2.36 bits per heavy atom. The van der Waals surface area contributed by atoms with Crippen molar-refractivity contribution in [3.63, 3.8) is 0 Å². The molecule has 0 amide bonds. The number of H-pyrrole nitrogens is 1. The van der Waals surface area contributed by atoms with E-state index in [1.807, 2.05) is 25.1 Å². The molecule has 1 unspecified atom stereocenters. The summed E-state index contributed by atoms with van der Waals surface area (Å²) in [5.74, 6) is 0. The molecule has 0 radical (unpaired) electrons. The smallest absolute Gasteiger partial charge is 0.0938 e. The number of aromatic nitrogens is 2. The van der Waals surface area contributed by atoms with Crippen molar-refractivity contribution in [1.82, 2.24) is 10.2 Å². The number of nitrogens with two attached hydrogens (primary N) is 1. The number of nitrogens with one attached hydrogen (secondary N) is 1. The van der Waals surface area contributed by atoms with Crippen LogP contribution in [0.15, 0.2) is 18.2 Å². The van der Waals surface area contributed by atoms with Crippen molar-refractivity contribution in [3.05, 3.63) is 28.9 Å². The zero-order valence-electron chi connectivity index (χ0n) is 7.92. The summed E-state index contributed by atoms with van der Waals surface area (Å²) < 4.78 is 0. The molecule has 0 aliphatic rings. The molecule has 14 heavy (non-hydrogen) atoms. The fraction of sp³-hybridized carbons (Fsp3) is 0.300. The second-order valence-electron chi connectivity index (χ2n) is 3.55. The third kappa shape index (κ3) is 1.74. The van der Waals surface area contributed by atoms with Crippen LogP contribution in [0.3, 0.4) is 0 Å². The van der Waals surface area contributed by atoms with E-state index < -0.39 is 0 Å². The molecule has 1 atom stereocenters. The molecule has 3 nitrogen and oxygen atoms in total. The van der Waals surface area contributed by atoms with Crippen molar-refractivity contribution < 1.29 is 0 Å². The minimum absolute atomic E-state index is 0.134. The van der Waals surface area contributed by atoms with Crippen LogP contribution in [0.25, 0.3) is 10.9 Å². The molecule has 0 spiro atoms. The molecule has 1 aromatic carbocycles. The molecule has 0 saturated heterocycles. The molecule has 0 aliphatic heterocycles. The molecule has 2 rings (SSSR count). The van der Waals surface area contributed by atoms with Gasteiger partial charge in [-0.2, -0.15) is 5.10 Å². The Hall–Kier alpha value is -1.06. The van der Waals surface area contributed by atoms with Gasteiger partial charge in [0.05, 0.1) is 5.52 Å². The summed E-state index contributed by atoms with van der Waals surface area (Å²) in [6, 6.07) is 5.82. The summed E-state index contributed by atoms with van der Waals surface area (Å²) >= 11 is 5.86. The van der Waals surface area contributed by atoms with E-state index in [0.29, 0.717) is 5.02 Å². The fourth-order valence-electron chi connectivity index (χ4n) is 1.52. The predicted octanol–water partition coefficient (Wildman–Crippen LogP) is 2.11. The maximum absolute atomic E-state index is 5.86. The normalized spacial score (nSPS) is 13.4. The van der Waals surface area contributed by atoms with Crippen LogP contribution in [0.2, 0.25) is 5.02 Å². The number of aromatic amines is 1. The lowest BCUT2D eigenvalue weighted by molar-refractivity contribution is 0.722. The first-order chi connectivity index (χ1) is 6.66. The summed E-state index contributed by atoms with van der Waals surface area (Å²) in [6.07, 6.45) is 0.804. The van der Waals surface area contributed by atoms with Gasteiger partial charge in [0, 0.05) is 28.6 Å². The molecule has 2 aromatic rings. The summed E-state index contributed by atoms with van der Waals surface area (Å²) in [7, 11) is 0. The Bertz CT molecular complexity index is 448. The van der Waals surface area contributed by atoms with Gasteiger partial charge in [0.2, 0.25) is 0 Å². The van der Waals surface area contributed by atoms with Crippen molar-refractivity contribution in [2.45, 2.75) is 19.4 Å². The van der Waals surface area contributed by atoms with Gasteiger partial charge in [0.25, 0.3) is 0 Å². The molecular formula is C10H12ClN3. The largest absolute Gasteiger partial charge is 0.328 e. The minimum atomic E-state index is 0.134. The Morgan fingerprint density at radius 3 is 3.07 bits per heavy atom. The molecule has 74 valence electrons. The number of halogens is 1. The predicted molar refractivity (Wildman–Crippen MR) is 58.5 cm³/mol. The van der Waals surface area contributed by atoms with E-state index in [1.165, 1.54) is 0 Å². The van der Waals surface area contributed by atoms with Gasteiger partial charge in [0.1, 0.15) is 0 Å². The Balaban J connectivity index is 2.47. The van der Waals surface area contributed by atoms with Crippen LogP contribution in [0.5, 0.6) is 0 Å². The maximum Gasteiger partial charge on any atom is 0.0938 e. The first-order valence-corrected chi connectivity index (χ1v) is 4.92. The fourth-order valence-corrected chi connectivity index (χ4v) is 1.68. The van der Waals surface area contributed by atoms with Crippen molar-refractivity contribution >= 4 is 22.5 Å². The van der Waals surface area contributed by atoms with Crippen LogP contribution in [0.1, 0.15) is 12.6 Å². The Labute approximate surface area is 87.2 Å². The van der Waals surface area contributed by atoms with Gasteiger partial charge in [-0.15, -0.1) is 0 Å². The number of hydrogen-bond donors (Lipinski definition) is 2. The van der Waals surface area contributed by atoms with Gasteiger partial charge in [-0.3, -0.25) is 5.10 Å². The average molecular weight is 210 g/mol. The lowest BCUT2D eigenvalue weighted by atomic mass is 10.1. The van der Waals surface area contributed by atoms with Gasteiger partial charge in [-0.25, -0.2) is 0 Å². The lowest BCUT2D eigenvalue weighted by Crippen LogP contribution is -2.18. The van der Waals surface area contributed by atoms with Crippen molar-refractivity contribution in [2.24, 2.45) is 5.73 Å². The standard InChI is InChI=1S/C10H12ClN3/c1-6(12)4-9-8-3-2-7(11)5-10(8)14-13-9/h2-3,5-6H,4,12H2,1H3,(H,13,14). The van der Waals surface area contributed by atoms with Gasteiger partial charge in [0.15, 0.2) is 0 Å². The SMILES string of the molecule is CC(N)Cc1[nH]nc2cc(Cl)ccc12. The molecule has 3 N–H and O–H groups in total. The van der Waals surface area contributed by atoms with Crippen molar-refractivity contribution in [3.8, 4) is 0 Å². The molecule has 0 bridgehead atoms. The van der Waals surface area contributed by atoms with E-state index in [0.717, 1.165) is 23.0 Å². The number of benzene rings is 1. The minimum Gasteiger partial charge on any atom is -0.328 e. The van der Waals surface area contributed by atoms with Gasteiger partial charge in [-0.05, 0) is 25.1 Å². The number of fused-ring (bicyclic) bond motifs is 1. The highest BCUT2D eigenvalue weighted by Gasteiger charge is 2.06. The Morgan fingerprint density at radius 1 is 1.57 bits per heavy atom. The van der Waals surface area contributed by atoms with E-state index in [4.69, 9.17) is 17.3 Å². The van der Waals surface area contributed by atoms with E-state index in [-0.39, 0.29) is 6.04 Å². The van der Waals surface area contributed by atoms with Crippen LogP contribution < -0.4 is 5.73 Å². The lowest BCUT2D eigenvalue weighted by Gasteiger charge is -2.01. The third-order valence-electron chi connectivity index (χ3n) is 2.12. The summed E-state index contributed by atoms with van der Waals surface area (Å²) in [6.45, 7) is 1.97. The van der Waals surface area contributed by atoms with E-state index in [2.05, 4.69) is 10.2 Å². The second-order valence-corrected chi connectivity index (χ2v) is 3.98. The van der Waals surface area contributed by atoms with Gasteiger partial charge in [-0.1, -0.05) is 11.6 Å². The molecule has 4 heteroatoms. The first kappa shape index (κ1) is 9.49. The van der Waals surface area contributed by atoms with Crippen LogP contribution in [-0.4, -0.2) is 16.2 Å². The summed E-state index contributed by atoms with van der Waals surface area (Å²) in [4.78, 5) is 0. The third-order valence-corrected chi connectivity index (χ3v) is 2.36. The monoisotopic (exact) mass is 209 g/mol. The van der Waals surface area contributed by atoms with E-state index in [9.17, 15) is 0 Å². The Kier molecular flexibility index (Phi) is 2.44. The molecule has 1 heterocycles. The highest BCUT2D eigenvalue weighted by Crippen LogP contribution is 2.20. The second kappa shape index (κ2) is 3.59. The quantitative estimate of drug-likeness (QED) is 0.796. The summed E-state index contributed by atoms with van der Waals surface area (Å²) in [5.41, 5.74) is 7.70. The van der Waals surface area contributed by atoms with Crippen molar-refractivity contribution in [1.29, 1.82) is 0 Å². The van der Waals surface area contributed by atoms with Crippen LogP contribution in [0.4, 0.5) is 0 Å². The van der Waals surface area contributed by atoms with Crippen LogP contribution >= 0.6 is 11.6 Å². The maximum atomic E-state index is 5.86. The molecule has 0 saturated carbocycles. The number of rotatable bonds is 2. The van der Waals surface area contributed by atoms with Crippen LogP contribution in [0, 0.1) is 0 Å². The highest BCUT2D eigenvalue weighted by molar-refractivity contribution is 6.31. The highest BCUT2D eigenvalue weighted by atomic mass is 35.5. The number of hydrogen-bond acceptors (Lipinski definition) is 2. The van der Waals surface area contributed by atoms with Crippen molar-refractivity contribution in [2.75, 3.05) is 0 Å². The zero-order chi connectivity index (χ0) is 10.1. The zero-order valence-corrected chi connectivity index (χ0v) is 8.67. The van der Waals surface area contributed by atoms with Crippen LogP contribution in [-0.2, 0) is 6.42 Å². The molecular weight excluding hydrogens is 198 g/mol.